The number of aromatic nitrogens is 3. The van der Waals surface area contributed by atoms with E-state index in [1.54, 1.807) is 0 Å². The Morgan fingerprint density at radius 2 is 0.545 bits per heavy atom. The molecule has 0 aliphatic rings. The van der Waals surface area contributed by atoms with Crippen LogP contribution in [0.5, 0.6) is 0 Å². The molecule has 6 aromatic rings. The van der Waals surface area contributed by atoms with Crippen molar-refractivity contribution in [2.45, 2.75) is 0 Å². The van der Waals surface area contributed by atoms with Gasteiger partial charge in [0, 0.05) is 37.2 Å². The number of pyridine rings is 3. The minimum absolute atomic E-state index is 0. The maximum absolute atomic E-state index is 4.01. The molecule has 0 saturated carbocycles. The zero-order chi connectivity index (χ0) is 20.4. The van der Waals surface area contributed by atoms with Gasteiger partial charge in [0.1, 0.15) is 0 Å². The molecular formula is C27H24Br3N3. The van der Waals surface area contributed by atoms with Crippen LogP contribution < -0.4 is 0 Å². The van der Waals surface area contributed by atoms with Gasteiger partial charge in [-0.25, -0.2) is 0 Å². The lowest BCUT2D eigenvalue weighted by Gasteiger charge is -1.91. The fraction of sp³-hybridized carbons (Fsp3) is 0. The maximum atomic E-state index is 4.01. The minimum atomic E-state index is 0. The monoisotopic (exact) mass is 627 g/mol. The molecule has 0 atom stereocenters. The lowest BCUT2D eigenvalue weighted by molar-refractivity contribution is 1.36. The average molecular weight is 630 g/mol. The standard InChI is InChI=1S/3C9H7N.3BrH/c3*1-2-4-9-7-10-6-5-8(9)3-1;;;/h3*1-7H;3*1H. The Labute approximate surface area is 225 Å². The molecule has 3 nitrogen and oxygen atoms in total. The number of nitrogens with zero attached hydrogens (tertiary/aromatic N) is 3. The summed E-state index contributed by atoms with van der Waals surface area (Å²) in [6, 6.07) is 30.6. The van der Waals surface area contributed by atoms with Crippen molar-refractivity contribution in [3.63, 3.8) is 0 Å². The van der Waals surface area contributed by atoms with Crippen LogP contribution in [0.15, 0.2) is 128 Å². The Kier molecular flexibility index (Phi) is 13.1. The maximum Gasteiger partial charge on any atom is 0.0346 e. The molecule has 33 heavy (non-hydrogen) atoms. The van der Waals surface area contributed by atoms with Crippen molar-refractivity contribution in [2.24, 2.45) is 0 Å². The Morgan fingerprint density at radius 3 is 0.788 bits per heavy atom. The molecule has 0 N–H and O–H groups in total. The van der Waals surface area contributed by atoms with Crippen molar-refractivity contribution < 1.29 is 0 Å². The molecule has 0 radical (unpaired) electrons. The molecule has 3 aromatic heterocycles. The first kappa shape index (κ1) is 28.4. The Morgan fingerprint density at radius 1 is 0.303 bits per heavy atom. The zero-order valence-electron chi connectivity index (χ0n) is 17.7. The second-order valence-electron chi connectivity index (χ2n) is 6.67. The van der Waals surface area contributed by atoms with Gasteiger partial charge in [0.05, 0.1) is 0 Å². The van der Waals surface area contributed by atoms with Gasteiger partial charge in [-0.05, 0) is 50.5 Å². The summed E-state index contributed by atoms with van der Waals surface area (Å²) >= 11 is 0. The predicted octanol–water partition coefficient (Wildman–Crippen LogP) is 8.44. The van der Waals surface area contributed by atoms with E-state index in [9.17, 15) is 0 Å². The van der Waals surface area contributed by atoms with Crippen LogP contribution in [0.1, 0.15) is 0 Å². The van der Waals surface area contributed by atoms with Gasteiger partial charge in [0.2, 0.25) is 0 Å². The molecule has 0 fully saturated rings. The summed E-state index contributed by atoms with van der Waals surface area (Å²) in [5.41, 5.74) is 0. The average Bonchev–Trinajstić information content (AvgIpc) is 2.85. The number of benzene rings is 3. The molecule has 3 aromatic carbocycles. The van der Waals surface area contributed by atoms with E-state index in [1.807, 2.05) is 91.8 Å². The number of halogens is 3. The summed E-state index contributed by atoms with van der Waals surface area (Å²) in [6.45, 7) is 0. The van der Waals surface area contributed by atoms with E-state index in [0.717, 1.165) is 0 Å². The van der Waals surface area contributed by atoms with E-state index < -0.39 is 0 Å². The van der Waals surface area contributed by atoms with E-state index in [4.69, 9.17) is 0 Å². The third-order valence-electron chi connectivity index (χ3n) is 4.65. The summed E-state index contributed by atoms with van der Waals surface area (Å²) < 4.78 is 0. The van der Waals surface area contributed by atoms with Gasteiger partial charge >= 0.3 is 0 Å². The van der Waals surface area contributed by atoms with Crippen LogP contribution in [-0.2, 0) is 0 Å². The van der Waals surface area contributed by atoms with E-state index in [1.165, 1.54) is 32.3 Å². The van der Waals surface area contributed by atoms with Crippen LogP contribution in [0.2, 0.25) is 0 Å². The fourth-order valence-corrected chi connectivity index (χ4v) is 3.08. The molecule has 0 unspecified atom stereocenters. The molecule has 6 heteroatoms. The predicted molar refractivity (Wildman–Crippen MR) is 156 cm³/mol. The third kappa shape index (κ3) is 8.31. The molecule has 0 spiro atoms. The van der Waals surface area contributed by atoms with Crippen molar-refractivity contribution >= 4 is 83.3 Å². The van der Waals surface area contributed by atoms with Crippen LogP contribution in [0.3, 0.4) is 0 Å². The van der Waals surface area contributed by atoms with E-state index in [0.29, 0.717) is 0 Å². The molecule has 0 bridgehead atoms. The summed E-state index contributed by atoms with van der Waals surface area (Å²) in [7, 11) is 0. The highest BCUT2D eigenvalue weighted by Crippen LogP contribution is 2.11. The van der Waals surface area contributed by atoms with E-state index in [2.05, 4.69) is 51.4 Å². The molecule has 0 aliphatic heterocycles. The van der Waals surface area contributed by atoms with E-state index in [-0.39, 0.29) is 50.9 Å². The molecule has 0 saturated heterocycles. The van der Waals surface area contributed by atoms with Gasteiger partial charge in [0.15, 0.2) is 0 Å². The highest BCUT2D eigenvalue weighted by molar-refractivity contribution is 8.93. The minimum Gasteiger partial charge on any atom is -0.264 e. The van der Waals surface area contributed by atoms with Crippen molar-refractivity contribution in [3.05, 3.63) is 128 Å². The molecule has 6 rings (SSSR count). The Bertz CT molecular complexity index is 1010. The van der Waals surface area contributed by atoms with E-state index >= 15 is 0 Å². The molecule has 3 heterocycles. The van der Waals surface area contributed by atoms with Crippen molar-refractivity contribution in [2.75, 3.05) is 0 Å². The van der Waals surface area contributed by atoms with Gasteiger partial charge in [0.25, 0.3) is 0 Å². The van der Waals surface area contributed by atoms with Crippen molar-refractivity contribution in [1.82, 2.24) is 15.0 Å². The fourth-order valence-electron chi connectivity index (χ4n) is 3.08. The van der Waals surface area contributed by atoms with Gasteiger partial charge in [-0.15, -0.1) is 50.9 Å². The first-order valence-electron chi connectivity index (χ1n) is 9.76. The topological polar surface area (TPSA) is 38.7 Å². The van der Waals surface area contributed by atoms with Crippen LogP contribution in [-0.4, -0.2) is 15.0 Å². The van der Waals surface area contributed by atoms with Crippen LogP contribution in [0, 0.1) is 0 Å². The summed E-state index contributed by atoms with van der Waals surface area (Å²) in [5, 5.41) is 7.34. The second-order valence-corrected chi connectivity index (χ2v) is 6.67. The summed E-state index contributed by atoms with van der Waals surface area (Å²) in [6.07, 6.45) is 11.0. The Hall–Kier alpha value is -2.67. The van der Waals surface area contributed by atoms with Crippen LogP contribution >= 0.6 is 50.9 Å². The first-order chi connectivity index (χ1) is 14.9. The highest BCUT2D eigenvalue weighted by Gasteiger charge is 1.87. The third-order valence-corrected chi connectivity index (χ3v) is 4.65. The van der Waals surface area contributed by atoms with Crippen LogP contribution in [0.25, 0.3) is 32.3 Å². The normalized spacial score (nSPS) is 9.09. The lowest BCUT2D eigenvalue weighted by Crippen LogP contribution is -1.71. The smallest absolute Gasteiger partial charge is 0.0346 e. The quantitative estimate of drug-likeness (QED) is 0.169. The summed E-state index contributed by atoms with van der Waals surface area (Å²) in [4.78, 5) is 12.0. The number of hydrogen-bond donors (Lipinski definition) is 0. The first-order valence-corrected chi connectivity index (χ1v) is 9.76. The largest absolute Gasteiger partial charge is 0.264 e. The number of hydrogen-bond acceptors (Lipinski definition) is 3. The van der Waals surface area contributed by atoms with Crippen molar-refractivity contribution in [3.8, 4) is 0 Å². The number of fused-ring (bicyclic) bond motifs is 3. The van der Waals surface area contributed by atoms with Crippen molar-refractivity contribution in [1.29, 1.82) is 0 Å². The molecule has 168 valence electrons. The SMILES string of the molecule is Br.Br.Br.c1ccc2cnccc2c1.c1ccc2cnccc2c1.c1ccc2cnccc2c1. The zero-order valence-corrected chi connectivity index (χ0v) is 22.8. The van der Waals surface area contributed by atoms with Gasteiger partial charge in [-0.2, -0.15) is 0 Å². The molecule has 0 amide bonds. The number of rotatable bonds is 0. The van der Waals surface area contributed by atoms with Gasteiger partial charge in [-0.3, -0.25) is 15.0 Å². The lowest BCUT2D eigenvalue weighted by atomic mass is 10.2. The second kappa shape index (κ2) is 15.2. The van der Waals surface area contributed by atoms with Crippen LogP contribution in [0.4, 0.5) is 0 Å². The highest BCUT2D eigenvalue weighted by atomic mass is 79.9. The molecular weight excluding hydrogens is 606 g/mol. The van der Waals surface area contributed by atoms with Gasteiger partial charge in [-0.1, -0.05) is 72.8 Å². The summed E-state index contributed by atoms with van der Waals surface area (Å²) in [5.74, 6) is 0. The van der Waals surface area contributed by atoms with Gasteiger partial charge < -0.3 is 0 Å². The Balaban J connectivity index is 0.000000237. The molecule has 0 aliphatic carbocycles.